The number of hydrogen-bond donors (Lipinski definition) is 1. The van der Waals surface area contributed by atoms with Crippen molar-refractivity contribution < 1.29 is 4.74 Å². The van der Waals surface area contributed by atoms with Crippen molar-refractivity contribution in [1.82, 2.24) is 5.32 Å². The van der Waals surface area contributed by atoms with Crippen LogP contribution in [0.15, 0.2) is 24.4 Å². The Balaban J connectivity index is 3.13. The minimum absolute atomic E-state index is 0.701. The Kier molecular flexibility index (Phi) is 16.5. The van der Waals surface area contributed by atoms with Gasteiger partial charge in [-0.1, -0.05) is 84.4 Å². The van der Waals surface area contributed by atoms with Gasteiger partial charge in [0.1, 0.15) is 0 Å². The largest absolute Gasteiger partial charge is 0.389 e. The third-order valence-corrected chi connectivity index (χ3v) is 4.30. The van der Waals surface area contributed by atoms with Gasteiger partial charge in [0.25, 0.3) is 0 Å². The topological polar surface area (TPSA) is 21.3 Å². The number of nitrogens with one attached hydrogen (secondary N) is 1. The van der Waals surface area contributed by atoms with Crippen LogP contribution in [0, 0.1) is 5.92 Å². The van der Waals surface area contributed by atoms with Crippen LogP contribution < -0.4 is 5.32 Å². The van der Waals surface area contributed by atoms with Crippen LogP contribution in [0.1, 0.15) is 91.4 Å². The molecule has 0 atom stereocenters. The number of ether oxygens (including phenoxy) is 1. The lowest BCUT2D eigenvalue weighted by Gasteiger charge is -2.11. The van der Waals surface area contributed by atoms with Crippen molar-refractivity contribution in [2.45, 2.75) is 91.4 Å². The Bertz CT molecular complexity index is 309. The standard InChI is InChI=1S/C22H43NO/c1-6-21(4)19-24-17-15-13-11-9-7-8-10-12-14-16-23-22(5)18-20(2)3/h20,23H,4-19H2,1-3H3. The van der Waals surface area contributed by atoms with E-state index in [4.69, 9.17) is 4.74 Å². The summed E-state index contributed by atoms with van der Waals surface area (Å²) in [6.45, 7) is 17.4. The van der Waals surface area contributed by atoms with Crippen molar-refractivity contribution >= 4 is 0 Å². The van der Waals surface area contributed by atoms with E-state index in [1.165, 1.54) is 69.1 Å². The zero-order valence-corrected chi connectivity index (χ0v) is 16.8. The highest BCUT2D eigenvalue weighted by molar-refractivity contribution is 4.92. The summed E-state index contributed by atoms with van der Waals surface area (Å²) in [5.74, 6) is 0.701. The molecule has 0 spiro atoms. The molecule has 2 heteroatoms. The summed E-state index contributed by atoms with van der Waals surface area (Å²) < 4.78 is 5.60. The van der Waals surface area contributed by atoms with Crippen LogP contribution in [-0.4, -0.2) is 19.8 Å². The van der Waals surface area contributed by atoms with E-state index in [0.717, 1.165) is 32.6 Å². The van der Waals surface area contributed by atoms with Gasteiger partial charge >= 0.3 is 0 Å². The average Bonchev–Trinajstić information content (AvgIpc) is 2.54. The highest BCUT2D eigenvalue weighted by Crippen LogP contribution is 2.10. The zero-order chi connectivity index (χ0) is 18.0. The van der Waals surface area contributed by atoms with Gasteiger partial charge in [0, 0.05) is 18.8 Å². The van der Waals surface area contributed by atoms with Gasteiger partial charge in [-0.3, -0.25) is 0 Å². The van der Waals surface area contributed by atoms with Gasteiger partial charge in [0.2, 0.25) is 0 Å². The molecular formula is C22H43NO. The average molecular weight is 338 g/mol. The van der Waals surface area contributed by atoms with Crippen molar-refractivity contribution in [3.8, 4) is 0 Å². The van der Waals surface area contributed by atoms with E-state index in [0.29, 0.717) is 5.92 Å². The van der Waals surface area contributed by atoms with Crippen LogP contribution in [0.2, 0.25) is 0 Å². The van der Waals surface area contributed by atoms with Gasteiger partial charge in [-0.2, -0.15) is 0 Å². The summed E-state index contributed by atoms with van der Waals surface area (Å²) in [5, 5.41) is 3.45. The molecule has 0 saturated carbocycles. The summed E-state index contributed by atoms with van der Waals surface area (Å²) in [5.41, 5.74) is 2.41. The smallest absolute Gasteiger partial charge is 0.0674 e. The Morgan fingerprint density at radius 2 is 1.42 bits per heavy atom. The second-order valence-corrected chi connectivity index (χ2v) is 7.47. The molecule has 0 amide bonds. The first-order chi connectivity index (χ1) is 11.6. The predicted octanol–water partition coefficient (Wildman–Crippen LogP) is 6.63. The molecule has 0 rings (SSSR count). The molecule has 0 unspecified atom stereocenters. The molecule has 0 fully saturated rings. The maximum Gasteiger partial charge on any atom is 0.0674 e. The van der Waals surface area contributed by atoms with E-state index in [2.05, 4.69) is 39.2 Å². The van der Waals surface area contributed by atoms with Crippen molar-refractivity contribution in [2.24, 2.45) is 5.92 Å². The molecule has 0 bridgehead atoms. The molecule has 0 saturated heterocycles. The van der Waals surface area contributed by atoms with Crippen LogP contribution >= 0.6 is 0 Å². The van der Waals surface area contributed by atoms with E-state index < -0.39 is 0 Å². The molecule has 0 aromatic rings. The lowest BCUT2D eigenvalue weighted by Crippen LogP contribution is -2.15. The predicted molar refractivity (Wildman–Crippen MR) is 108 cm³/mol. The third-order valence-electron chi connectivity index (χ3n) is 4.30. The van der Waals surface area contributed by atoms with Crippen LogP contribution in [0.4, 0.5) is 0 Å². The molecule has 0 aliphatic carbocycles. The molecule has 0 aliphatic heterocycles. The van der Waals surface area contributed by atoms with E-state index in [-0.39, 0.29) is 0 Å². The van der Waals surface area contributed by atoms with Crippen LogP contribution in [0.3, 0.4) is 0 Å². The molecule has 24 heavy (non-hydrogen) atoms. The number of rotatable bonds is 18. The third kappa shape index (κ3) is 17.6. The van der Waals surface area contributed by atoms with E-state index in [1.807, 2.05) is 0 Å². The summed E-state index contributed by atoms with van der Waals surface area (Å²) in [7, 11) is 0. The van der Waals surface area contributed by atoms with Crippen molar-refractivity contribution in [3.63, 3.8) is 0 Å². The van der Waals surface area contributed by atoms with Gasteiger partial charge in [0.15, 0.2) is 0 Å². The van der Waals surface area contributed by atoms with Gasteiger partial charge < -0.3 is 10.1 Å². The number of allylic oxidation sites excluding steroid dienone is 1. The van der Waals surface area contributed by atoms with Crippen molar-refractivity contribution in [1.29, 1.82) is 0 Å². The normalized spacial score (nSPS) is 11.0. The molecular weight excluding hydrogens is 294 g/mol. The molecule has 2 nitrogen and oxygen atoms in total. The molecule has 0 radical (unpaired) electrons. The minimum atomic E-state index is 0.701. The molecule has 142 valence electrons. The quantitative estimate of drug-likeness (QED) is 0.224. The summed E-state index contributed by atoms with van der Waals surface area (Å²) >= 11 is 0. The second-order valence-electron chi connectivity index (χ2n) is 7.47. The first kappa shape index (κ1) is 23.2. The van der Waals surface area contributed by atoms with Crippen LogP contribution in [0.5, 0.6) is 0 Å². The molecule has 0 aromatic heterocycles. The maximum absolute atomic E-state index is 5.60. The summed E-state index contributed by atoms with van der Waals surface area (Å²) in [6, 6.07) is 0. The highest BCUT2D eigenvalue weighted by Gasteiger charge is 1.98. The Morgan fingerprint density at radius 1 is 0.875 bits per heavy atom. The van der Waals surface area contributed by atoms with Crippen LogP contribution in [0.25, 0.3) is 0 Å². The maximum atomic E-state index is 5.60. The van der Waals surface area contributed by atoms with Gasteiger partial charge in [-0.15, -0.1) is 0 Å². The fraction of sp³-hybridized carbons (Fsp3) is 0.818. The number of unbranched alkanes of at least 4 members (excludes halogenated alkanes) is 8. The fourth-order valence-corrected chi connectivity index (χ4v) is 2.72. The fourth-order valence-electron chi connectivity index (χ4n) is 2.72. The Morgan fingerprint density at radius 3 is 1.96 bits per heavy atom. The molecule has 0 aliphatic rings. The van der Waals surface area contributed by atoms with Crippen LogP contribution in [-0.2, 0) is 4.74 Å². The molecule has 0 aromatic carbocycles. The second kappa shape index (κ2) is 17.1. The van der Waals surface area contributed by atoms with Gasteiger partial charge in [0.05, 0.1) is 6.61 Å². The SMILES string of the molecule is C=C(CC)COCCCCCCCCCCCNC(=C)CC(C)C. The van der Waals surface area contributed by atoms with Crippen molar-refractivity contribution in [3.05, 3.63) is 24.4 Å². The lowest BCUT2D eigenvalue weighted by atomic mass is 10.1. The Hall–Kier alpha value is -0.760. The first-order valence-electron chi connectivity index (χ1n) is 10.2. The summed E-state index contributed by atoms with van der Waals surface area (Å²) in [6.07, 6.45) is 14.1. The molecule has 1 N–H and O–H groups in total. The van der Waals surface area contributed by atoms with Gasteiger partial charge in [-0.25, -0.2) is 0 Å². The van der Waals surface area contributed by atoms with Crippen molar-refractivity contribution in [2.75, 3.05) is 19.8 Å². The minimum Gasteiger partial charge on any atom is -0.389 e. The monoisotopic (exact) mass is 337 g/mol. The van der Waals surface area contributed by atoms with E-state index >= 15 is 0 Å². The summed E-state index contributed by atoms with van der Waals surface area (Å²) in [4.78, 5) is 0. The lowest BCUT2D eigenvalue weighted by molar-refractivity contribution is 0.150. The zero-order valence-electron chi connectivity index (χ0n) is 16.8. The van der Waals surface area contributed by atoms with E-state index in [9.17, 15) is 0 Å². The molecule has 0 heterocycles. The first-order valence-corrected chi connectivity index (χ1v) is 10.2. The van der Waals surface area contributed by atoms with Gasteiger partial charge in [-0.05, 0) is 31.6 Å². The van der Waals surface area contributed by atoms with E-state index in [1.54, 1.807) is 0 Å². The number of hydrogen-bond acceptors (Lipinski definition) is 2. The highest BCUT2D eigenvalue weighted by atomic mass is 16.5. The Labute approximate surface area is 152 Å².